The van der Waals surface area contributed by atoms with E-state index in [2.05, 4.69) is 10.4 Å². The zero-order valence-electron chi connectivity index (χ0n) is 19.5. The number of para-hydroxylation sites is 2. The Balaban J connectivity index is 1.58. The molecule has 8 heteroatoms. The largest absolute Gasteiger partial charge is 0.465 e. The average Bonchev–Trinajstić information content (AvgIpc) is 3.29. The van der Waals surface area contributed by atoms with Crippen LogP contribution in [0.15, 0.2) is 85.1 Å². The molecule has 0 aliphatic carbocycles. The Labute approximate surface area is 206 Å². The Bertz CT molecular complexity index is 1610. The summed E-state index contributed by atoms with van der Waals surface area (Å²) in [6.07, 6.45) is 1.67. The second kappa shape index (κ2) is 9.42. The molecule has 36 heavy (non-hydrogen) atoms. The average molecular weight is 480 g/mol. The van der Waals surface area contributed by atoms with Crippen molar-refractivity contribution in [2.24, 2.45) is 0 Å². The van der Waals surface area contributed by atoms with Gasteiger partial charge in [-0.25, -0.2) is 18.9 Å². The lowest BCUT2D eigenvalue weighted by Gasteiger charge is -2.12. The van der Waals surface area contributed by atoms with E-state index < -0.39 is 11.9 Å². The summed E-state index contributed by atoms with van der Waals surface area (Å²) >= 11 is 0. The van der Waals surface area contributed by atoms with Crippen molar-refractivity contribution in [3.05, 3.63) is 108 Å². The number of anilines is 1. The van der Waals surface area contributed by atoms with Crippen LogP contribution in [0.4, 0.5) is 10.1 Å². The van der Waals surface area contributed by atoms with E-state index in [0.29, 0.717) is 33.5 Å². The minimum absolute atomic E-state index is 0.253. The van der Waals surface area contributed by atoms with Gasteiger partial charge in [-0.2, -0.15) is 5.10 Å². The van der Waals surface area contributed by atoms with Crippen LogP contribution in [0.5, 0.6) is 0 Å². The fourth-order valence-corrected chi connectivity index (χ4v) is 4.07. The van der Waals surface area contributed by atoms with E-state index in [-0.39, 0.29) is 11.4 Å². The number of nitrogens with one attached hydrogen (secondary N) is 1. The highest BCUT2D eigenvalue weighted by molar-refractivity contribution is 6.14. The molecule has 0 radical (unpaired) electrons. The van der Waals surface area contributed by atoms with Gasteiger partial charge in [-0.1, -0.05) is 30.3 Å². The number of hydrogen-bond donors (Lipinski definition) is 1. The number of aromatic nitrogens is 3. The van der Waals surface area contributed by atoms with Gasteiger partial charge in [-0.15, -0.1) is 0 Å². The van der Waals surface area contributed by atoms with Crippen molar-refractivity contribution in [1.82, 2.24) is 14.8 Å². The van der Waals surface area contributed by atoms with E-state index in [0.717, 1.165) is 11.3 Å². The predicted molar refractivity (Wildman–Crippen MR) is 135 cm³/mol. The number of methoxy groups -OCH3 is 1. The van der Waals surface area contributed by atoms with Gasteiger partial charge >= 0.3 is 5.97 Å². The Morgan fingerprint density at radius 3 is 2.44 bits per heavy atom. The van der Waals surface area contributed by atoms with Crippen LogP contribution in [0, 0.1) is 12.7 Å². The topological polar surface area (TPSA) is 86.1 Å². The van der Waals surface area contributed by atoms with E-state index >= 15 is 0 Å². The van der Waals surface area contributed by atoms with Crippen LogP contribution in [-0.2, 0) is 4.74 Å². The molecule has 178 valence electrons. The molecule has 0 fully saturated rings. The number of benzene rings is 3. The maximum Gasteiger partial charge on any atom is 0.339 e. The number of carbonyl (C=O) groups is 2. The normalized spacial score (nSPS) is 10.9. The first-order valence-corrected chi connectivity index (χ1v) is 11.2. The van der Waals surface area contributed by atoms with Gasteiger partial charge in [0.05, 0.1) is 52.7 Å². The minimum Gasteiger partial charge on any atom is -0.465 e. The number of halogens is 1. The summed E-state index contributed by atoms with van der Waals surface area (Å²) in [7, 11) is 1.29. The highest BCUT2D eigenvalue weighted by Crippen LogP contribution is 2.29. The fraction of sp³-hybridized carbons (Fsp3) is 0.0714. The molecule has 2 aromatic heterocycles. The SMILES string of the molecule is COC(=O)c1ccccc1NC(=O)c1cc(-c2cnn(-c3ccc(F)cc3)c2C)nc2ccccc12. The molecular weight excluding hydrogens is 459 g/mol. The molecule has 1 amide bonds. The molecule has 5 rings (SSSR count). The Hall–Kier alpha value is -4.85. The maximum atomic E-state index is 13.5. The third kappa shape index (κ3) is 4.20. The summed E-state index contributed by atoms with van der Waals surface area (Å²) in [5.74, 6) is -1.27. The third-order valence-corrected chi connectivity index (χ3v) is 5.90. The van der Waals surface area contributed by atoms with Crippen molar-refractivity contribution in [1.29, 1.82) is 0 Å². The zero-order chi connectivity index (χ0) is 25.2. The summed E-state index contributed by atoms with van der Waals surface area (Å²) < 4.78 is 19.9. The number of fused-ring (bicyclic) bond motifs is 1. The van der Waals surface area contributed by atoms with Gasteiger partial charge in [0, 0.05) is 10.9 Å². The number of hydrogen-bond acceptors (Lipinski definition) is 5. The maximum absolute atomic E-state index is 13.5. The predicted octanol–water partition coefficient (Wildman–Crippen LogP) is 5.57. The van der Waals surface area contributed by atoms with Crippen LogP contribution >= 0.6 is 0 Å². The lowest BCUT2D eigenvalue weighted by Crippen LogP contribution is -2.16. The van der Waals surface area contributed by atoms with Gasteiger partial charge in [-0.05, 0) is 55.5 Å². The fourth-order valence-electron chi connectivity index (χ4n) is 4.07. The second-order valence-corrected chi connectivity index (χ2v) is 8.10. The van der Waals surface area contributed by atoms with Gasteiger partial charge in [-0.3, -0.25) is 4.79 Å². The summed E-state index contributed by atoms with van der Waals surface area (Å²) in [5, 5.41) is 7.96. The van der Waals surface area contributed by atoms with Gasteiger partial charge in [0.2, 0.25) is 0 Å². The monoisotopic (exact) mass is 480 g/mol. The molecule has 1 N–H and O–H groups in total. The van der Waals surface area contributed by atoms with Crippen LogP contribution in [-0.4, -0.2) is 33.8 Å². The van der Waals surface area contributed by atoms with Crippen molar-refractivity contribution >= 4 is 28.5 Å². The smallest absolute Gasteiger partial charge is 0.339 e. The second-order valence-electron chi connectivity index (χ2n) is 8.10. The van der Waals surface area contributed by atoms with Gasteiger partial charge in [0.15, 0.2) is 0 Å². The van der Waals surface area contributed by atoms with E-state index in [1.165, 1.54) is 19.2 Å². The Morgan fingerprint density at radius 2 is 1.67 bits per heavy atom. The van der Waals surface area contributed by atoms with Crippen molar-refractivity contribution in [3.63, 3.8) is 0 Å². The van der Waals surface area contributed by atoms with Crippen molar-refractivity contribution in [3.8, 4) is 16.9 Å². The summed E-state index contributed by atoms with van der Waals surface area (Å²) in [4.78, 5) is 30.4. The molecule has 0 aliphatic heterocycles. The van der Waals surface area contributed by atoms with Crippen LogP contribution in [0.2, 0.25) is 0 Å². The highest BCUT2D eigenvalue weighted by Gasteiger charge is 2.19. The molecule has 7 nitrogen and oxygen atoms in total. The number of ether oxygens (including phenoxy) is 1. The van der Waals surface area contributed by atoms with Gasteiger partial charge in [0.1, 0.15) is 5.82 Å². The molecule has 0 saturated heterocycles. The Morgan fingerprint density at radius 1 is 0.944 bits per heavy atom. The molecule has 0 aliphatic rings. The van der Waals surface area contributed by atoms with Crippen LogP contribution in [0.3, 0.4) is 0 Å². The molecule has 0 atom stereocenters. The van der Waals surface area contributed by atoms with E-state index in [4.69, 9.17) is 9.72 Å². The first kappa shape index (κ1) is 22.9. The number of nitrogens with zero attached hydrogens (tertiary/aromatic N) is 3. The van der Waals surface area contributed by atoms with Crippen LogP contribution in [0.25, 0.3) is 27.8 Å². The first-order chi connectivity index (χ1) is 17.5. The summed E-state index contributed by atoms with van der Waals surface area (Å²) in [6.45, 7) is 1.88. The minimum atomic E-state index is -0.546. The molecule has 5 aromatic rings. The Kier molecular flexibility index (Phi) is 6.00. The van der Waals surface area contributed by atoms with Crippen LogP contribution in [0.1, 0.15) is 26.4 Å². The first-order valence-electron chi connectivity index (χ1n) is 11.2. The molecule has 3 aromatic carbocycles. The van der Waals surface area contributed by atoms with Crippen molar-refractivity contribution in [2.45, 2.75) is 6.92 Å². The summed E-state index contributed by atoms with van der Waals surface area (Å²) in [5.41, 5.74) is 4.41. The molecule has 0 spiro atoms. The number of carbonyl (C=O) groups excluding carboxylic acids is 2. The van der Waals surface area contributed by atoms with Crippen LogP contribution < -0.4 is 5.32 Å². The molecule has 0 saturated carbocycles. The zero-order valence-corrected chi connectivity index (χ0v) is 19.5. The molecular formula is C28H21FN4O3. The quantitative estimate of drug-likeness (QED) is 0.332. The third-order valence-electron chi connectivity index (χ3n) is 5.90. The lowest BCUT2D eigenvalue weighted by atomic mass is 10.0. The number of pyridine rings is 1. The van der Waals surface area contributed by atoms with Gasteiger partial charge in [0.25, 0.3) is 5.91 Å². The molecule has 2 heterocycles. The van der Waals surface area contributed by atoms with E-state index in [9.17, 15) is 14.0 Å². The van der Waals surface area contributed by atoms with E-state index in [1.54, 1.807) is 53.3 Å². The standard InChI is InChI=1S/C28H21FN4O3/c1-17-23(16-30-33(17)19-13-11-18(29)12-14-19)26-15-22(20-7-3-5-9-24(20)31-26)27(34)32-25-10-6-4-8-21(25)28(35)36-2/h3-16H,1-2H3,(H,32,34). The lowest BCUT2D eigenvalue weighted by molar-refractivity contribution is 0.0602. The summed E-state index contributed by atoms with van der Waals surface area (Å²) in [6, 6.07) is 21.7. The van der Waals surface area contributed by atoms with Crippen molar-refractivity contribution < 1.29 is 18.7 Å². The number of esters is 1. The molecule has 0 unspecified atom stereocenters. The number of rotatable bonds is 5. The van der Waals surface area contributed by atoms with Crippen molar-refractivity contribution in [2.75, 3.05) is 12.4 Å². The molecule has 0 bridgehead atoms. The number of amides is 1. The highest BCUT2D eigenvalue weighted by atomic mass is 19.1. The van der Waals surface area contributed by atoms with E-state index in [1.807, 2.05) is 31.2 Å². The van der Waals surface area contributed by atoms with Gasteiger partial charge < -0.3 is 10.1 Å².